The van der Waals surface area contributed by atoms with Crippen molar-refractivity contribution in [3.05, 3.63) is 52.0 Å². The van der Waals surface area contributed by atoms with Crippen LogP contribution < -0.4 is 14.5 Å². The molecule has 0 spiro atoms. The minimum Gasteiger partial charge on any atom is -0.494 e. The molecule has 4 rings (SSSR count). The minimum atomic E-state index is -0.543. The molecule has 0 radical (unpaired) electrons. The van der Waals surface area contributed by atoms with Crippen LogP contribution in [0.3, 0.4) is 0 Å². The van der Waals surface area contributed by atoms with Gasteiger partial charge in [-0.25, -0.2) is 9.69 Å². The monoisotopic (exact) mass is 578 g/mol. The van der Waals surface area contributed by atoms with Crippen molar-refractivity contribution in [2.24, 2.45) is 0 Å². The molecule has 0 unspecified atom stereocenters. The first-order chi connectivity index (χ1) is 18.9. The van der Waals surface area contributed by atoms with Crippen molar-refractivity contribution in [1.29, 1.82) is 0 Å². The molecular formula is C28H36Cl2N4O5. The normalized spacial score (nSPS) is 15.8. The SMILES string of the molecule is O=C1CCc2ccc(OCCCCN3CCN(c4cccc(Cl)c4Cl)CC3)cc2N1C(=O)N(CCO)CCO. The zero-order valence-electron chi connectivity index (χ0n) is 22.0. The number of aliphatic hydroxyl groups excluding tert-OH is 2. The molecule has 2 N–H and O–H groups in total. The number of unbranched alkanes of at least 4 members (excludes halogenated alkanes) is 1. The van der Waals surface area contributed by atoms with E-state index in [1.165, 1.54) is 4.90 Å². The number of urea groups is 1. The van der Waals surface area contributed by atoms with Crippen LogP contribution in [0.25, 0.3) is 0 Å². The molecule has 9 nitrogen and oxygen atoms in total. The molecule has 1 saturated heterocycles. The summed E-state index contributed by atoms with van der Waals surface area (Å²) in [6, 6.07) is 10.7. The topological polar surface area (TPSA) is 96.8 Å². The number of carbonyl (C=O) groups excluding carboxylic acids is 2. The van der Waals surface area contributed by atoms with Gasteiger partial charge in [-0.3, -0.25) is 9.69 Å². The first-order valence-corrected chi connectivity index (χ1v) is 14.2. The van der Waals surface area contributed by atoms with Gasteiger partial charge in [-0.15, -0.1) is 0 Å². The second kappa shape index (κ2) is 14.2. The average Bonchev–Trinajstić information content (AvgIpc) is 2.94. The molecule has 2 aromatic rings. The first-order valence-electron chi connectivity index (χ1n) is 13.4. The Morgan fingerprint density at radius 2 is 1.69 bits per heavy atom. The van der Waals surface area contributed by atoms with E-state index in [0.717, 1.165) is 61.7 Å². The Kier molecular flexibility index (Phi) is 10.7. The third kappa shape index (κ3) is 7.35. The fourth-order valence-electron chi connectivity index (χ4n) is 5.01. The molecule has 1 fully saturated rings. The number of rotatable bonds is 11. The average molecular weight is 580 g/mol. The zero-order chi connectivity index (χ0) is 27.8. The Bertz CT molecular complexity index is 1140. The summed E-state index contributed by atoms with van der Waals surface area (Å²) in [4.78, 5) is 32.9. The summed E-state index contributed by atoms with van der Waals surface area (Å²) in [5, 5.41) is 19.8. The van der Waals surface area contributed by atoms with Crippen molar-refractivity contribution < 1.29 is 24.5 Å². The van der Waals surface area contributed by atoms with E-state index in [4.69, 9.17) is 27.9 Å². The van der Waals surface area contributed by atoms with Crippen molar-refractivity contribution in [3.63, 3.8) is 0 Å². The molecule has 39 heavy (non-hydrogen) atoms. The Balaban J connectivity index is 1.25. The highest BCUT2D eigenvalue weighted by Gasteiger charge is 2.32. The summed E-state index contributed by atoms with van der Waals surface area (Å²) < 4.78 is 5.98. The number of hydrogen-bond donors (Lipinski definition) is 2. The van der Waals surface area contributed by atoms with Gasteiger partial charge in [0, 0.05) is 51.8 Å². The van der Waals surface area contributed by atoms with Crippen LogP contribution in [0.2, 0.25) is 10.0 Å². The smallest absolute Gasteiger partial charge is 0.331 e. The van der Waals surface area contributed by atoms with Crippen LogP contribution in [0, 0.1) is 0 Å². The third-order valence-electron chi connectivity index (χ3n) is 7.14. The highest BCUT2D eigenvalue weighted by molar-refractivity contribution is 6.43. The largest absolute Gasteiger partial charge is 0.494 e. The number of fused-ring (bicyclic) bond motifs is 1. The van der Waals surface area contributed by atoms with Gasteiger partial charge in [0.15, 0.2) is 0 Å². The van der Waals surface area contributed by atoms with Crippen molar-refractivity contribution in [2.45, 2.75) is 25.7 Å². The molecular weight excluding hydrogens is 543 g/mol. The number of ether oxygens (including phenoxy) is 1. The lowest BCUT2D eigenvalue weighted by Crippen LogP contribution is -2.50. The summed E-state index contributed by atoms with van der Waals surface area (Å²) in [5.41, 5.74) is 2.38. The van der Waals surface area contributed by atoms with Gasteiger partial charge in [-0.1, -0.05) is 35.3 Å². The van der Waals surface area contributed by atoms with E-state index in [2.05, 4.69) is 9.80 Å². The van der Waals surface area contributed by atoms with Gasteiger partial charge in [0.1, 0.15) is 5.75 Å². The molecule has 11 heteroatoms. The third-order valence-corrected chi connectivity index (χ3v) is 7.95. The van der Waals surface area contributed by atoms with Crippen LogP contribution in [0.15, 0.2) is 36.4 Å². The van der Waals surface area contributed by atoms with Crippen LogP contribution in [0.1, 0.15) is 24.8 Å². The van der Waals surface area contributed by atoms with E-state index in [1.807, 2.05) is 24.3 Å². The van der Waals surface area contributed by atoms with Gasteiger partial charge in [0.2, 0.25) is 5.91 Å². The van der Waals surface area contributed by atoms with Crippen LogP contribution in [-0.2, 0) is 11.2 Å². The number of amides is 3. The number of anilines is 2. The maximum atomic E-state index is 13.1. The number of halogens is 2. The molecule has 2 aliphatic rings. The standard InChI is InChI=1S/C28H36Cl2N4O5/c29-23-4-3-5-24(27(23)30)32-13-11-31(12-14-32)10-1-2-19-39-22-8-6-21-7-9-26(37)34(25(21)20-22)28(38)33(15-17-35)16-18-36/h3-6,8,20,35-36H,1-2,7,9-19H2. The lowest BCUT2D eigenvalue weighted by molar-refractivity contribution is -0.118. The lowest BCUT2D eigenvalue weighted by atomic mass is 10.0. The van der Waals surface area contributed by atoms with E-state index in [0.29, 0.717) is 34.5 Å². The van der Waals surface area contributed by atoms with E-state index in [-0.39, 0.29) is 38.6 Å². The summed E-state index contributed by atoms with van der Waals surface area (Å²) in [5.74, 6) is 0.299. The van der Waals surface area contributed by atoms with E-state index >= 15 is 0 Å². The van der Waals surface area contributed by atoms with Crippen LogP contribution in [0.5, 0.6) is 5.75 Å². The second-order valence-electron chi connectivity index (χ2n) is 9.69. The van der Waals surface area contributed by atoms with Gasteiger partial charge in [-0.05, 0) is 49.6 Å². The summed E-state index contributed by atoms with van der Waals surface area (Å²) in [6.45, 7) is 4.78. The maximum Gasteiger partial charge on any atom is 0.331 e. The number of carbonyl (C=O) groups is 2. The fourth-order valence-corrected chi connectivity index (χ4v) is 5.43. The summed E-state index contributed by atoms with van der Waals surface area (Å²) in [6.07, 6.45) is 2.64. The van der Waals surface area contributed by atoms with Gasteiger partial charge in [-0.2, -0.15) is 0 Å². The van der Waals surface area contributed by atoms with Crippen molar-refractivity contribution in [1.82, 2.24) is 9.80 Å². The van der Waals surface area contributed by atoms with Gasteiger partial charge < -0.3 is 24.7 Å². The Morgan fingerprint density at radius 1 is 0.949 bits per heavy atom. The minimum absolute atomic E-state index is 0.0398. The number of aryl methyl sites for hydroxylation is 1. The van der Waals surface area contributed by atoms with E-state index in [9.17, 15) is 19.8 Å². The van der Waals surface area contributed by atoms with Crippen molar-refractivity contribution in [3.8, 4) is 5.75 Å². The molecule has 3 amide bonds. The Labute approximate surface area is 239 Å². The molecule has 0 atom stereocenters. The summed E-state index contributed by atoms with van der Waals surface area (Å²) in [7, 11) is 0. The molecule has 212 valence electrons. The molecule has 0 aromatic heterocycles. The predicted octanol–water partition coefficient (Wildman–Crippen LogP) is 3.66. The number of nitrogens with zero attached hydrogens (tertiary/aromatic N) is 4. The molecule has 2 heterocycles. The molecule has 0 aliphatic carbocycles. The van der Waals surface area contributed by atoms with Crippen LogP contribution in [0.4, 0.5) is 16.2 Å². The number of piperazine rings is 1. The highest BCUT2D eigenvalue weighted by Crippen LogP contribution is 2.34. The Hall–Kier alpha value is -2.56. The van der Waals surface area contributed by atoms with E-state index < -0.39 is 6.03 Å². The van der Waals surface area contributed by atoms with Crippen LogP contribution in [-0.4, -0.2) is 97.6 Å². The summed E-state index contributed by atoms with van der Waals surface area (Å²) >= 11 is 12.6. The highest BCUT2D eigenvalue weighted by atomic mass is 35.5. The zero-order valence-corrected chi connectivity index (χ0v) is 23.5. The van der Waals surface area contributed by atoms with E-state index in [1.54, 1.807) is 12.1 Å². The van der Waals surface area contributed by atoms with Crippen LogP contribution >= 0.6 is 23.2 Å². The second-order valence-corrected chi connectivity index (χ2v) is 10.5. The van der Waals surface area contributed by atoms with Gasteiger partial charge in [0.05, 0.1) is 41.2 Å². The van der Waals surface area contributed by atoms with Crippen molar-refractivity contribution >= 4 is 46.5 Å². The fraction of sp³-hybridized carbons (Fsp3) is 0.500. The molecule has 2 aliphatic heterocycles. The maximum absolute atomic E-state index is 13.1. The number of aliphatic hydroxyl groups is 2. The quantitative estimate of drug-likeness (QED) is 0.393. The van der Waals surface area contributed by atoms with Crippen molar-refractivity contribution in [2.75, 3.05) is 75.4 Å². The number of hydrogen-bond acceptors (Lipinski definition) is 7. The molecule has 2 aromatic carbocycles. The molecule has 0 bridgehead atoms. The van der Waals surface area contributed by atoms with Gasteiger partial charge >= 0.3 is 6.03 Å². The molecule has 0 saturated carbocycles. The lowest BCUT2D eigenvalue weighted by Gasteiger charge is -2.36. The number of imide groups is 1. The first kappa shape index (κ1) is 29.4. The van der Waals surface area contributed by atoms with Gasteiger partial charge in [0.25, 0.3) is 0 Å². The Morgan fingerprint density at radius 3 is 2.41 bits per heavy atom. The predicted molar refractivity (Wildman–Crippen MR) is 153 cm³/mol. The number of benzene rings is 2.